The summed E-state index contributed by atoms with van der Waals surface area (Å²) in [6.07, 6.45) is 0. The van der Waals surface area contributed by atoms with E-state index in [0.717, 1.165) is 0 Å². The van der Waals surface area contributed by atoms with Crippen LogP contribution in [-0.4, -0.2) is 4.57 Å². The minimum absolute atomic E-state index is 1.27. The average Bonchev–Trinajstić information content (AvgIpc) is 3.46. The van der Waals surface area contributed by atoms with Crippen molar-refractivity contribution in [1.82, 2.24) is 4.57 Å². The summed E-state index contributed by atoms with van der Waals surface area (Å²) in [5, 5.41) is 8.91. The summed E-state index contributed by atoms with van der Waals surface area (Å²) in [4.78, 5) is 0. The Labute approximate surface area is 175 Å². The molecule has 4 aromatic carbocycles. The van der Waals surface area contributed by atoms with E-state index in [9.17, 15) is 0 Å². The molecule has 3 aromatic heterocycles. The van der Waals surface area contributed by atoms with Crippen LogP contribution in [-0.2, 0) is 0 Å². The molecular weight excluding hydrogens is 390 g/mol. The third kappa shape index (κ3) is 2.04. The van der Waals surface area contributed by atoms with Crippen LogP contribution in [0.25, 0.3) is 57.8 Å². The fourth-order valence-corrected chi connectivity index (χ4v) is 6.68. The maximum absolute atomic E-state index is 2.46. The van der Waals surface area contributed by atoms with Crippen LogP contribution in [0.5, 0.6) is 0 Å². The highest BCUT2D eigenvalue weighted by Crippen LogP contribution is 2.42. The van der Waals surface area contributed by atoms with Crippen LogP contribution in [0.3, 0.4) is 0 Å². The number of hydrogen-bond donors (Lipinski definition) is 0. The molecule has 0 fully saturated rings. The van der Waals surface area contributed by atoms with Gasteiger partial charge in [0.25, 0.3) is 0 Å². The number of hydrogen-bond acceptors (Lipinski definition) is 2. The average molecular weight is 406 g/mol. The SMILES string of the molecule is c1ccc2c(c1)sc1c(-n3c4ccccc4c4c5ccsc5ccc43)cccc12. The van der Waals surface area contributed by atoms with E-state index in [4.69, 9.17) is 0 Å². The fraction of sp³-hybridized carbons (Fsp3) is 0. The van der Waals surface area contributed by atoms with E-state index in [0.29, 0.717) is 0 Å². The van der Waals surface area contributed by atoms with Crippen molar-refractivity contribution in [3.05, 3.63) is 90.3 Å². The van der Waals surface area contributed by atoms with E-state index in [2.05, 4.69) is 94.9 Å². The first-order chi connectivity index (χ1) is 14.4. The van der Waals surface area contributed by atoms with Crippen molar-refractivity contribution in [2.45, 2.75) is 0 Å². The van der Waals surface area contributed by atoms with Crippen LogP contribution in [0.2, 0.25) is 0 Å². The first kappa shape index (κ1) is 15.7. The molecule has 0 bridgehead atoms. The number of nitrogens with zero attached hydrogens (tertiary/aromatic N) is 1. The highest BCUT2D eigenvalue weighted by molar-refractivity contribution is 7.26. The molecule has 0 aliphatic carbocycles. The molecule has 3 heteroatoms. The molecular formula is C26H15NS2. The maximum atomic E-state index is 2.46. The highest BCUT2D eigenvalue weighted by Gasteiger charge is 2.17. The van der Waals surface area contributed by atoms with Crippen molar-refractivity contribution in [3.63, 3.8) is 0 Å². The number of para-hydroxylation sites is 1. The zero-order chi connectivity index (χ0) is 18.9. The Balaban J connectivity index is 1.72. The normalized spacial score (nSPS) is 12.1. The van der Waals surface area contributed by atoms with Crippen LogP contribution in [0, 0.1) is 0 Å². The van der Waals surface area contributed by atoms with Gasteiger partial charge in [-0.15, -0.1) is 22.7 Å². The molecule has 0 atom stereocenters. The van der Waals surface area contributed by atoms with Gasteiger partial charge in [-0.2, -0.15) is 0 Å². The van der Waals surface area contributed by atoms with E-state index < -0.39 is 0 Å². The molecule has 29 heavy (non-hydrogen) atoms. The van der Waals surface area contributed by atoms with Gasteiger partial charge >= 0.3 is 0 Å². The standard InChI is InChI=1S/C26H15NS2/c1-3-9-20-18(7-1)25-19-14-15-28-23(19)13-12-21(25)27(20)22-10-5-8-17-16-6-2-4-11-24(16)29-26(17)22/h1-15H. The molecule has 0 amide bonds. The Hall–Kier alpha value is -3.14. The molecule has 0 spiro atoms. The second-order valence-corrected chi connectivity index (χ2v) is 9.40. The van der Waals surface area contributed by atoms with Crippen LogP contribution in [0.4, 0.5) is 0 Å². The predicted molar refractivity (Wildman–Crippen MR) is 129 cm³/mol. The van der Waals surface area contributed by atoms with Crippen molar-refractivity contribution < 1.29 is 0 Å². The second kappa shape index (κ2) is 5.69. The van der Waals surface area contributed by atoms with Crippen LogP contribution >= 0.6 is 22.7 Å². The van der Waals surface area contributed by atoms with E-state index >= 15 is 0 Å². The highest BCUT2D eigenvalue weighted by atomic mass is 32.1. The Bertz CT molecular complexity index is 1710. The van der Waals surface area contributed by atoms with Crippen molar-refractivity contribution in [1.29, 1.82) is 0 Å². The summed E-state index contributed by atoms with van der Waals surface area (Å²) in [6.45, 7) is 0. The van der Waals surface area contributed by atoms with Crippen LogP contribution in [0.15, 0.2) is 90.3 Å². The summed E-state index contributed by atoms with van der Waals surface area (Å²) in [5.41, 5.74) is 3.82. The van der Waals surface area contributed by atoms with Gasteiger partial charge in [0.15, 0.2) is 0 Å². The van der Waals surface area contributed by atoms with Crippen molar-refractivity contribution >= 4 is 74.7 Å². The maximum Gasteiger partial charge on any atom is 0.0640 e. The third-order valence-electron chi connectivity index (χ3n) is 5.89. The number of benzene rings is 4. The van der Waals surface area contributed by atoms with Crippen LogP contribution < -0.4 is 0 Å². The lowest BCUT2D eigenvalue weighted by Gasteiger charge is -2.09. The van der Waals surface area contributed by atoms with Crippen molar-refractivity contribution in [2.75, 3.05) is 0 Å². The number of fused-ring (bicyclic) bond motifs is 8. The zero-order valence-corrected chi connectivity index (χ0v) is 17.1. The molecule has 136 valence electrons. The summed E-state index contributed by atoms with van der Waals surface area (Å²) in [5.74, 6) is 0. The van der Waals surface area contributed by atoms with E-state index in [-0.39, 0.29) is 0 Å². The second-order valence-electron chi connectivity index (χ2n) is 7.40. The molecule has 0 saturated carbocycles. The van der Waals surface area contributed by atoms with Gasteiger partial charge in [0.05, 0.1) is 21.4 Å². The van der Waals surface area contributed by atoms with Crippen LogP contribution in [0.1, 0.15) is 0 Å². The Morgan fingerprint density at radius 1 is 0.552 bits per heavy atom. The van der Waals surface area contributed by atoms with Crippen molar-refractivity contribution in [2.24, 2.45) is 0 Å². The monoisotopic (exact) mass is 405 g/mol. The molecule has 0 aliphatic heterocycles. The van der Waals surface area contributed by atoms with Gasteiger partial charge in [-0.05, 0) is 41.8 Å². The van der Waals surface area contributed by atoms with Gasteiger partial charge in [0.2, 0.25) is 0 Å². The predicted octanol–water partition coefficient (Wildman–Crippen LogP) is 8.37. The first-order valence-electron chi connectivity index (χ1n) is 9.70. The number of aromatic nitrogens is 1. The molecule has 0 saturated heterocycles. The van der Waals surface area contributed by atoms with Gasteiger partial charge in [-0.25, -0.2) is 0 Å². The molecule has 0 aliphatic rings. The third-order valence-corrected chi connectivity index (χ3v) is 7.98. The first-order valence-corrected chi connectivity index (χ1v) is 11.4. The van der Waals surface area contributed by atoms with E-state index in [1.165, 1.54) is 57.8 Å². The van der Waals surface area contributed by atoms with Gasteiger partial charge in [-0.3, -0.25) is 0 Å². The number of rotatable bonds is 1. The lowest BCUT2D eigenvalue weighted by atomic mass is 10.1. The molecule has 7 rings (SSSR count). The lowest BCUT2D eigenvalue weighted by Crippen LogP contribution is -1.93. The minimum atomic E-state index is 1.27. The Kier molecular flexibility index (Phi) is 3.09. The largest absolute Gasteiger partial charge is 0.308 e. The molecule has 1 nitrogen and oxygen atoms in total. The van der Waals surface area contributed by atoms with Gasteiger partial charge < -0.3 is 4.57 Å². The molecule has 0 N–H and O–H groups in total. The van der Waals surface area contributed by atoms with E-state index in [1.54, 1.807) is 0 Å². The molecule has 3 heterocycles. The summed E-state index contributed by atoms with van der Waals surface area (Å²) in [6, 6.07) is 31.1. The summed E-state index contributed by atoms with van der Waals surface area (Å²) < 4.78 is 6.50. The fourth-order valence-electron chi connectivity index (χ4n) is 4.68. The Morgan fingerprint density at radius 3 is 2.34 bits per heavy atom. The number of thiophene rings is 2. The molecule has 0 unspecified atom stereocenters. The smallest absolute Gasteiger partial charge is 0.0640 e. The van der Waals surface area contributed by atoms with Gasteiger partial charge in [0, 0.05) is 36.3 Å². The van der Waals surface area contributed by atoms with Gasteiger partial charge in [-0.1, -0.05) is 48.5 Å². The minimum Gasteiger partial charge on any atom is -0.308 e. The Morgan fingerprint density at radius 2 is 1.38 bits per heavy atom. The van der Waals surface area contributed by atoms with E-state index in [1.807, 2.05) is 22.7 Å². The van der Waals surface area contributed by atoms with Crippen molar-refractivity contribution in [3.8, 4) is 5.69 Å². The topological polar surface area (TPSA) is 4.93 Å². The summed E-state index contributed by atoms with van der Waals surface area (Å²) >= 11 is 3.70. The molecule has 7 aromatic rings. The lowest BCUT2D eigenvalue weighted by molar-refractivity contribution is 1.20. The quantitative estimate of drug-likeness (QED) is 0.258. The van der Waals surface area contributed by atoms with Gasteiger partial charge in [0.1, 0.15) is 0 Å². The molecule has 0 radical (unpaired) electrons. The summed E-state index contributed by atoms with van der Waals surface area (Å²) in [7, 11) is 0. The zero-order valence-electron chi connectivity index (χ0n) is 15.4.